The zero-order chi connectivity index (χ0) is 26.8. The standard InChI is InChI=1S/C31H42ClN3O4/c32-25-5-8-27-28(9-12-34-29(27)19-25)33-10-1-2-11-35-30(36)18-20-3-6-26(7-4-20)38-39-31(37)23-14-21-13-22(16-23)17-24(31)15-21/h5,8-9,12,19-24,26,37H,1-4,6-7,10-11,13-18H2,(H,33,34)(H,35,36). The van der Waals surface area contributed by atoms with Crippen molar-refractivity contribution in [2.45, 2.75) is 88.9 Å². The van der Waals surface area contributed by atoms with Crippen LogP contribution in [0.2, 0.25) is 5.02 Å². The molecule has 1 heterocycles. The zero-order valence-corrected chi connectivity index (χ0v) is 23.5. The van der Waals surface area contributed by atoms with Gasteiger partial charge in [-0.15, -0.1) is 0 Å². The molecular formula is C31H42ClN3O4. The predicted octanol–water partition coefficient (Wildman–Crippen LogP) is 6.24. The van der Waals surface area contributed by atoms with Crippen LogP contribution in [0.25, 0.3) is 10.9 Å². The van der Waals surface area contributed by atoms with E-state index < -0.39 is 5.79 Å². The number of hydrogen-bond acceptors (Lipinski definition) is 6. The SMILES string of the molecule is O=C(CC1CCC(OOC2(O)C3CC4CC(C3)CC2C4)CC1)NCCCCNc1ccnc2cc(Cl)ccc12. The molecule has 4 bridgehead atoms. The molecule has 0 radical (unpaired) electrons. The Kier molecular flexibility index (Phi) is 8.31. The molecule has 0 saturated heterocycles. The lowest BCUT2D eigenvalue weighted by molar-refractivity contribution is -0.481. The minimum absolute atomic E-state index is 0.0209. The number of carbonyl (C=O) groups is 1. The molecule has 0 unspecified atom stereocenters. The monoisotopic (exact) mass is 555 g/mol. The normalized spacial score (nSPS) is 33.4. The van der Waals surface area contributed by atoms with Crippen LogP contribution < -0.4 is 10.6 Å². The van der Waals surface area contributed by atoms with Crippen LogP contribution in [0.15, 0.2) is 30.5 Å². The van der Waals surface area contributed by atoms with Gasteiger partial charge in [0.05, 0.1) is 11.6 Å². The third-order valence-corrected chi connectivity index (χ3v) is 10.1. The number of pyridine rings is 1. The Morgan fingerprint density at radius 2 is 1.72 bits per heavy atom. The lowest BCUT2D eigenvalue weighted by atomic mass is 9.53. The van der Waals surface area contributed by atoms with Crippen LogP contribution in [-0.2, 0) is 14.6 Å². The molecule has 0 atom stereocenters. The Hall–Kier alpha value is -1.93. The van der Waals surface area contributed by atoms with Crippen molar-refractivity contribution < 1.29 is 19.7 Å². The molecule has 2 aromatic rings. The maximum atomic E-state index is 12.5. The van der Waals surface area contributed by atoms with Crippen molar-refractivity contribution >= 4 is 34.1 Å². The van der Waals surface area contributed by atoms with E-state index in [1.165, 1.54) is 6.42 Å². The van der Waals surface area contributed by atoms with Gasteiger partial charge in [0.15, 0.2) is 0 Å². The molecule has 5 fully saturated rings. The van der Waals surface area contributed by atoms with Gasteiger partial charge in [-0.3, -0.25) is 9.78 Å². The molecule has 7 rings (SSSR count). The van der Waals surface area contributed by atoms with Gasteiger partial charge in [-0.05, 0) is 113 Å². The highest BCUT2D eigenvalue weighted by atomic mass is 35.5. The fourth-order valence-electron chi connectivity index (χ4n) is 7.88. The van der Waals surface area contributed by atoms with Gasteiger partial charge in [-0.25, -0.2) is 9.78 Å². The van der Waals surface area contributed by atoms with Crippen molar-refractivity contribution in [3.8, 4) is 0 Å². The second-order valence-corrected chi connectivity index (χ2v) is 13.0. The first-order chi connectivity index (χ1) is 19.0. The lowest BCUT2D eigenvalue weighted by Gasteiger charge is -2.57. The number of anilines is 1. The summed E-state index contributed by atoms with van der Waals surface area (Å²) in [7, 11) is 0. The molecule has 212 valence electrons. The maximum absolute atomic E-state index is 12.5. The molecule has 5 aliphatic carbocycles. The second-order valence-electron chi connectivity index (χ2n) is 12.6. The molecular weight excluding hydrogens is 514 g/mol. The molecule has 1 aromatic heterocycles. The number of nitrogens with one attached hydrogen (secondary N) is 2. The largest absolute Gasteiger partial charge is 0.384 e. The maximum Gasteiger partial charge on any atom is 0.220 e. The summed E-state index contributed by atoms with van der Waals surface area (Å²) in [6.45, 7) is 1.53. The third-order valence-electron chi connectivity index (χ3n) is 9.84. The van der Waals surface area contributed by atoms with Gasteiger partial charge < -0.3 is 15.7 Å². The molecule has 8 heteroatoms. The Balaban J connectivity index is 0.842. The number of benzene rings is 1. The summed E-state index contributed by atoms with van der Waals surface area (Å²) in [5, 5.41) is 19.6. The zero-order valence-electron chi connectivity index (χ0n) is 22.7. The number of carbonyl (C=O) groups excluding carboxylic acids is 1. The van der Waals surface area contributed by atoms with Crippen LogP contribution in [-0.4, -0.2) is 41.0 Å². The predicted molar refractivity (Wildman–Crippen MR) is 152 cm³/mol. The fraction of sp³-hybridized carbons (Fsp3) is 0.677. The Morgan fingerprint density at radius 1 is 1.00 bits per heavy atom. The number of aromatic nitrogens is 1. The van der Waals surface area contributed by atoms with Crippen molar-refractivity contribution in [2.75, 3.05) is 18.4 Å². The summed E-state index contributed by atoms with van der Waals surface area (Å²) < 4.78 is 0. The van der Waals surface area contributed by atoms with Gasteiger partial charge in [0.1, 0.15) is 0 Å². The van der Waals surface area contributed by atoms with Crippen molar-refractivity contribution in [2.24, 2.45) is 29.6 Å². The second kappa shape index (κ2) is 11.9. The minimum atomic E-state index is -1.08. The van der Waals surface area contributed by atoms with Gasteiger partial charge in [0.2, 0.25) is 11.7 Å². The smallest absolute Gasteiger partial charge is 0.220 e. The first-order valence-electron chi connectivity index (χ1n) is 15.1. The number of amides is 1. The van der Waals surface area contributed by atoms with E-state index in [1.807, 2.05) is 24.3 Å². The highest BCUT2D eigenvalue weighted by molar-refractivity contribution is 6.31. The molecule has 7 nitrogen and oxygen atoms in total. The fourth-order valence-corrected chi connectivity index (χ4v) is 8.05. The lowest BCUT2D eigenvalue weighted by Crippen LogP contribution is -2.59. The number of unbranched alkanes of at least 4 members (excludes halogenated alkanes) is 1. The quantitative estimate of drug-likeness (QED) is 0.132. The van der Waals surface area contributed by atoms with E-state index in [-0.39, 0.29) is 23.8 Å². The third kappa shape index (κ3) is 6.22. The van der Waals surface area contributed by atoms with Gasteiger partial charge in [0, 0.05) is 53.6 Å². The van der Waals surface area contributed by atoms with E-state index in [4.69, 9.17) is 21.4 Å². The first kappa shape index (κ1) is 27.3. The summed E-state index contributed by atoms with van der Waals surface area (Å²) in [6, 6.07) is 7.73. The van der Waals surface area contributed by atoms with Crippen LogP contribution in [0.5, 0.6) is 0 Å². The topological polar surface area (TPSA) is 92.7 Å². The van der Waals surface area contributed by atoms with Crippen LogP contribution in [0.4, 0.5) is 5.69 Å². The Morgan fingerprint density at radius 3 is 2.46 bits per heavy atom. The molecule has 0 aliphatic heterocycles. The van der Waals surface area contributed by atoms with Gasteiger partial charge in [-0.1, -0.05) is 11.6 Å². The van der Waals surface area contributed by atoms with E-state index in [0.29, 0.717) is 23.9 Å². The summed E-state index contributed by atoms with van der Waals surface area (Å²) in [4.78, 5) is 28.6. The Labute approximate surface area is 236 Å². The van der Waals surface area contributed by atoms with Crippen molar-refractivity contribution in [1.29, 1.82) is 0 Å². The highest BCUT2D eigenvalue weighted by Gasteiger charge is 2.58. The molecule has 3 N–H and O–H groups in total. The van der Waals surface area contributed by atoms with E-state index in [1.54, 1.807) is 6.20 Å². The van der Waals surface area contributed by atoms with Crippen molar-refractivity contribution in [1.82, 2.24) is 10.3 Å². The molecule has 0 spiro atoms. The first-order valence-corrected chi connectivity index (χ1v) is 15.5. The molecule has 5 saturated carbocycles. The summed E-state index contributed by atoms with van der Waals surface area (Å²) in [5.74, 6) is 1.48. The van der Waals surface area contributed by atoms with Crippen LogP contribution in [0.1, 0.15) is 77.0 Å². The van der Waals surface area contributed by atoms with Crippen molar-refractivity contribution in [3.63, 3.8) is 0 Å². The number of fused-ring (bicyclic) bond motifs is 1. The number of nitrogens with zero attached hydrogens (tertiary/aromatic N) is 1. The average molecular weight is 556 g/mol. The number of hydrogen-bond donors (Lipinski definition) is 3. The van der Waals surface area contributed by atoms with Crippen molar-refractivity contribution in [3.05, 3.63) is 35.5 Å². The van der Waals surface area contributed by atoms with E-state index in [2.05, 4.69) is 15.6 Å². The Bertz CT molecular complexity index is 1120. The number of rotatable bonds is 11. The summed E-state index contributed by atoms with van der Waals surface area (Å²) in [6.07, 6.45) is 13.7. The molecule has 1 amide bonds. The average Bonchev–Trinajstić information content (AvgIpc) is 2.93. The summed E-state index contributed by atoms with van der Waals surface area (Å²) in [5.41, 5.74) is 1.94. The van der Waals surface area contributed by atoms with Gasteiger partial charge >= 0.3 is 0 Å². The number of aliphatic hydroxyl groups is 1. The van der Waals surface area contributed by atoms with Gasteiger partial charge in [0.25, 0.3) is 0 Å². The molecule has 39 heavy (non-hydrogen) atoms. The van der Waals surface area contributed by atoms with Crippen LogP contribution in [0, 0.1) is 29.6 Å². The van der Waals surface area contributed by atoms with E-state index >= 15 is 0 Å². The van der Waals surface area contributed by atoms with Crippen LogP contribution in [0.3, 0.4) is 0 Å². The minimum Gasteiger partial charge on any atom is -0.384 e. The van der Waals surface area contributed by atoms with E-state index in [0.717, 1.165) is 99.2 Å². The highest BCUT2D eigenvalue weighted by Crippen LogP contribution is 2.58. The summed E-state index contributed by atoms with van der Waals surface area (Å²) >= 11 is 6.08. The molecule has 5 aliphatic rings. The number of halogens is 1. The van der Waals surface area contributed by atoms with Crippen LogP contribution >= 0.6 is 11.6 Å². The van der Waals surface area contributed by atoms with Gasteiger partial charge in [-0.2, -0.15) is 0 Å². The molecule has 1 aromatic carbocycles. The van der Waals surface area contributed by atoms with E-state index in [9.17, 15) is 9.90 Å².